The average Bonchev–Trinajstić information content (AvgIpc) is 2.42. The Kier molecular flexibility index (Phi) is 5.14. The molecule has 104 valence electrons. The van der Waals surface area contributed by atoms with E-state index in [1.54, 1.807) is 6.20 Å². The quantitative estimate of drug-likeness (QED) is 0.809. The van der Waals surface area contributed by atoms with E-state index in [1.165, 1.54) is 38.5 Å². The molecule has 1 fully saturated rings. The van der Waals surface area contributed by atoms with E-state index in [1.807, 2.05) is 12.1 Å². The highest BCUT2D eigenvalue weighted by Crippen LogP contribution is 2.29. The monoisotopic (exact) mass is 277 g/mol. The molecule has 0 unspecified atom stereocenters. The van der Waals surface area contributed by atoms with E-state index < -0.39 is 0 Å². The smallest absolute Gasteiger partial charge is 0.126 e. The van der Waals surface area contributed by atoms with E-state index in [0.29, 0.717) is 11.0 Å². The van der Waals surface area contributed by atoms with Gasteiger partial charge < -0.3 is 11.1 Å². The van der Waals surface area contributed by atoms with Crippen LogP contribution in [0.1, 0.15) is 51.0 Å². The van der Waals surface area contributed by atoms with Gasteiger partial charge in [-0.05, 0) is 43.7 Å². The predicted molar refractivity (Wildman–Crippen MR) is 84.4 cm³/mol. The molecule has 0 spiro atoms. The maximum absolute atomic E-state index is 5.64. The fourth-order valence-electron chi connectivity index (χ4n) is 2.88. The normalized spacial score (nSPS) is 23.0. The molecule has 0 bridgehead atoms. The lowest BCUT2D eigenvalue weighted by Gasteiger charge is -2.29. The van der Waals surface area contributed by atoms with Gasteiger partial charge in [-0.15, -0.1) is 0 Å². The molecule has 1 aromatic rings. The molecule has 3 N–H and O–H groups in total. The van der Waals surface area contributed by atoms with Gasteiger partial charge in [-0.1, -0.05) is 32.0 Å². The number of hydrogen-bond acceptors (Lipinski definition) is 3. The summed E-state index contributed by atoms with van der Waals surface area (Å²) < 4.78 is 0. The Bertz CT molecular complexity index is 425. The van der Waals surface area contributed by atoms with E-state index in [2.05, 4.69) is 17.2 Å². The van der Waals surface area contributed by atoms with Gasteiger partial charge in [0.15, 0.2) is 0 Å². The van der Waals surface area contributed by atoms with Crippen LogP contribution < -0.4 is 11.1 Å². The Hall–Kier alpha value is -1.16. The van der Waals surface area contributed by atoms with Crippen LogP contribution in [0.25, 0.3) is 0 Å². The maximum atomic E-state index is 5.64. The average molecular weight is 277 g/mol. The summed E-state index contributed by atoms with van der Waals surface area (Å²) in [5, 5.41) is 3.51. The van der Waals surface area contributed by atoms with E-state index in [-0.39, 0.29) is 0 Å². The molecule has 0 amide bonds. The molecule has 0 atom stereocenters. The summed E-state index contributed by atoms with van der Waals surface area (Å²) in [7, 11) is 0. The summed E-state index contributed by atoms with van der Waals surface area (Å²) >= 11 is 4.99. The van der Waals surface area contributed by atoms with E-state index in [9.17, 15) is 0 Å². The molecule has 1 aliphatic rings. The van der Waals surface area contributed by atoms with Crippen LogP contribution >= 0.6 is 12.2 Å². The zero-order chi connectivity index (χ0) is 13.7. The summed E-state index contributed by atoms with van der Waals surface area (Å²) in [6.45, 7) is 2.27. The SMILES string of the molecule is CCCC1CCC(Nc2cc(C(N)=S)ccn2)CC1. The second kappa shape index (κ2) is 6.85. The van der Waals surface area contributed by atoms with Crippen LogP contribution in [0.5, 0.6) is 0 Å². The van der Waals surface area contributed by atoms with Gasteiger partial charge in [0.25, 0.3) is 0 Å². The topological polar surface area (TPSA) is 50.9 Å². The minimum Gasteiger partial charge on any atom is -0.389 e. The number of nitrogens with two attached hydrogens (primary N) is 1. The van der Waals surface area contributed by atoms with Crippen molar-refractivity contribution in [3.63, 3.8) is 0 Å². The van der Waals surface area contributed by atoms with E-state index in [0.717, 1.165) is 17.3 Å². The third-order valence-electron chi connectivity index (χ3n) is 3.94. The van der Waals surface area contributed by atoms with Crippen molar-refractivity contribution in [3.05, 3.63) is 23.9 Å². The van der Waals surface area contributed by atoms with Crippen molar-refractivity contribution in [1.82, 2.24) is 4.98 Å². The minimum atomic E-state index is 0.428. The summed E-state index contributed by atoms with van der Waals surface area (Å²) in [5.41, 5.74) is 6.52. The van der Waals surface area contributed by atoms with Gasteiger partial charge in [0.05, 0.1) is 0 Å². The Morgan fingerprint density at radius 1 is 1.42 bits per heavy atom. The first-order chi connectivity index (χ1) is 9.19. The van der Waals surface area contributed by atoms with Crippen molar-refractivity contribution in [2.24, 2.45) is 11.7 Å². The number of aromatic nitrogens is 1. The van der Waals surface area contributed by atoms with E-state index in [4.69, 9.17) is 18.0 Å². The molecule has 19 heavy (non-hydrogen) atoms. The van der Waals surface area contributed by atoms with Crippen molar-refractivity contribution in [1.29, 1.82) is 0 Å². The highest BCUT2D eigenvalue weighted by atomic mass is 32.1. The van der Waals surface area contributed by atoms with Crippen LogP contribution in [-0.2, 0) is 0 Å². The number of rotatable bonds is 5. The van der Waals surface area contributed by atoms with Crippen LogP contribution in [0, 0.1) is 5.92 Å². The molecule has 1 aliphatic carbocycles. The molecule has 1 heterocycles. The molecule has 0 aromatic carbocycles. The minimum absolute atomic E-state index is 0.428. The summed E-state index contributed by atoms with van der Waals surface area (Å²) in [6.07, 6.45) is 9.59. The lowest BCUT2D eigenvalue weighted by atomic mass is 9.83. The molecule has 1 aromatic heterocycles. The van der Waals surface area contributed by atoms with Crippen LogP contribution in [0.3, 0.4) is 0 Å². The van der Waals surface area contributed by atoms with Crippen molar-refractivity contribution in [2.75, 3.05) is 5.32 Å². The number of hydrogen-bond donors (Lipinski definition) is 2. The first-order valence-electron chi connectivity index (χ1n) is 7.21. The molecule has 3 nitrogen and oxygen atoms in total. The van der Waals surface area contributed by atoms with Gasteiger partial charge in [-0.3, -0.25) is 0 Å². The van der Waals surface area contributed by atoms with Crippen LogP contribution in [0.15, 0.2) is 18.3 Å². The largest absolute Gasteiger partial charge is 0.389 e. The predicted octanol–water partition coefficient (Wildman–Crippen LogP) is 3.49. The molecular weight excluding hydrogens is 254 g/mol. The van der Waals surface area contributed by atoms with Gasteiger partial charge in [0.2, 0.25) is 0 Å². The fraction of sp³-hybridized carbons (Fsp3) is 0.600. The highest BCUT2D eigenvalue weighted by Gasteiger charge is 2.20. The molecule has 4 heteroatoms. The fourth-order valence-corrected chi connectivity index (χ4v) is 3.00. The third kappa shape index (κ3) is 4.16. The second-order valence-electron chi connectivity index (χ2n) is 5.44. The molecule has 0 aliphatic heterocycles. The van der Waals surface area contributed by atoms with Crippen LogP contribution in [0.2, 0.25) is 0 Å². The summed E-state index contributed by atoms with van der Waals surface area (Å²) in [5.74, 6) is 1.82. The van der Waals surface area contributed by atoms with Gasteiger partial charge in [-0.25, -0.2) is 4.98 Å². The first kappa shape index (κ1) is 14.3. The Morgan fingerprint density at radius 3 is 2.79 bits per heavy atom. The highest BCUT2D eigenvalue weighted by molar-refractivity contribution is 7.80. The lowest BCUT2D eigenvalue weighted by molar-refractivity contribution is 0.318. The number of nitrogens with zero attached hydrogens (tertiary/aromatic N) is 1. The van der Waals surface area contributed by atoms with Gasteiger partial charge in [0, 0.05) is 17.8 Å². The standard InChI is InChI=1S/C15H23N3S/c1-2-3-11-4-6-13(7-5-11)18-14-10-12(15(16)19)8-9-17-14/h8-11,13H,2-7H2,1H3,(H2,16,19)(H,17,18). The van der Waals surface area contributed by atoms with Crippen LogP contribution in [-0.4, -0.2) is 16.0 Å². The van der Waals surface area contributed by atoms with Gasteiger partial charge in [0.1, 0.15) is 10.8 Å². The zero-order valence-corrected chi connectivity index (χ0v) is 12.4. The molecule has 0 saturated heterocycles. The summed E-state index contributed by atoms with van der Waals surface area (Å²) in [4.78, 5) is 4.77. The summed E-state index contributed by atoms with van der Waals surface area (Å²) in [6, 6.07) is 4.34. The zero-order valence-electron chi connectivity index (χ0n) is 11.6. The number of pyridine rings is 1. The lowest BCUT2D eigenvalue weighted by Crippen LogP contribution is -2.26. The van der Waals surface area contributed by atoms with Crippen molar-refractivity contribution in [2.45, 2.75) is 51.5 Å². The van der Waals surface area contributed by atoms with Crippen molar-refractivity contribution < 1.29 is 0 Å². The molecule has 0 radical (unpaired) electrons. The van der Waals surface area contributed by atoms with E-state index >= 15 is 0 Å². The van der Waals surface area contributed by atoms with Gasteiger partial charge in [-0.2, -0.15) is 0 Å². The van der Waals surface area contributed by atoms with Crippen molar-refractivity contribution >= 4 is 23.0 Å². The van der Waals surface area contributed by atoms with Gasteiger partial charge >= 0.3 is 0 Å². The van der Waals surface area contributed by atoms with Crippen molar-refractivity contribution in [3.8, 4) is 0 Å². The second-order valence-corrected chi connectivity index (χ2v) is 5.88. The molecular formula is C15H23N3S. The Morgan fingerprint density at radius 2 is 2.16 bits per heavy atom. The first-order valence-corrected chi connectivity index (χ1v) is 7.62. The number of thiocarbonyl (C=S) groups is 1. The Labute approximate surface area is 121 Å². The molecule has 1 saturated carbocycles. The number of anilines is 1. The van der Waals surface area contributed by atoms with Crippen LogP contribution in [0.4, 0.5) is 5.82 Å². The molecule has 2 rings (SSSR count). The number of nitrogens with one attached hydrogen (secondary N) is 1. The Balaban J connectivity index is 1.88. The third-order valence-corrected chi connectivity index (χ3v) is 4.18. The maximum Gasteiger partial charge on any atom is 0.126 e.